The summed E-state index contributed by atoms with van der Waals surface area (Å²) >= 11 is 2.19. The van der Waals surface area contributed by atoms with Crippen LogP contribution in [0.5, 0.6) is 5.75 Å². The number of amides is 1. The molecule has 126 valence electrons. The lowest BCUT2D eigenvalue weighted by atomic mass is 10.2. The van der Waals surface area contributed by atoms with Crippen LogP contribution < -0.4 is 9.64 Å². The number of fused-ring (bicyclic) bond motifs is 1. The van der Waals surface area contributed by atoms with Crippen LogP contribution in [0.4, 0.5) is 5.69 Å². The Kier molecular flexibility index (Phi) is 4.39. The summed E-state index contributed by atoms with van der Waals surface area (Å²) in [5, 5.41) is 4.49. The van der Waals surface area contributed by atoms with Gasteiger partial charge in [-0.3, -0.25) is 14.5 Å². The number of aromatic nitrogens is 3. The second kappa shape index (κ2) is 6.83. The quantitative estimate of drug-likeness (QED) is 0.578. The summed E-state index contributed by atoms with van der Waals surface area (Å²) in [5.41, 5.74) is 2.14. The first-order chi connectivity index (χ1) is 12.2. The van der Waals surface area contributed by atoms with Crippen LogP contribution in [0.1, 0.15) is 16.2 Å². The average molecular weight is 446 g/mol. The molecule has 0 aliphatic carbocycles. The molecule has 1 aromatic carbocycles. The third-order valence-electron chi connectivity index (χ3n) is 3.96. The van der Waals surface area contributed by atoms with Crippen LogP contribution in [-0.4, -0.2) is 27.2 Å². The Bertz CT molecular complexity index is 910. The van der Waals surface area contributed by atoms with Gasteiger partial charge in [-0.25, -0.2) is 0 Å². The van der Waals surface area contributed by atoms with Gasteiger partial charge in [-0.15, -0.1) is 0 Å². The maximum atomic E-state index is 12.8. The Balaban J connectivity index is 1.53. The molecule has 3 heterocycles. The third-order valence-corrected chi connectivity index (χ3v) is 4.55. The number of hydrogen-bond acceptors (Lipinski definition) is 4. The van der Waals surface area contributed by atoms with Crippen molar-refractivity contribution in [3.05, 3.63) is 69.8 Å². The second-order valence-electron chi connectivity index (χ2n) is 5.66. The van der Waals surface area contributed by atoms with E-state index in [2.05, 4.69) is 32.7 Å². The molecular weight excluding hydrogens is 431 g/mol. The van der Waals surface area contributed by atoms with Crippen LogP contribution >= 0.6 is 22.6 Å². The molecule has 25 heavy (non-hydrogen) atoms. The van der Waals surface area contributed by atoms with E-state index in [4.69, 9.17) is 4.74 Å². The van der Waals surface area contributed by atoms with E-state index < -0.39 is 0 Å². The number of nitrogens with zero attached hydrogens (tertiary/aromatic N) is 4. The van der Waals surface area contributed by atoms with Crippen molar-refractivity contribution in [3.63, 3.8) is 0 Å². The number of hydrogen-bond donors (Lipinski definition) is 0. The van der Waals surface area contributed by atoms with Gasteiger partial charge in [0.15, 0.2) is 0 Å². The molecule has 0 atom stereocenters. The maximum absolute atomic E-state index is 12.8. The van der Waals surface area contributed by atoms with Crippen molar-refractivity contribution >= 4 is 34.2 Å². The van der Waals surface area contributed by atoms with Gasteiger partial charge < -0.3 is 9.64 Å². The van der Waals surface area contributed by atoms with Gasteiger partial charge >= 0.3 is 0 Å². The number of ether oxygens (including phenoxy) is 1. The third kappa shape index (κ3) is 3.37. The maximum Gasteiger partial charge on any atom is 0.276 e. The van der Waals surface area contributed by atoms with Crippen molar-refractivity contribution in [3.8, 4) is 5.75 Å². The summed E-state index contributed by atoms with van der Waals surface area (Å²) in [6, 6.07) is 13.3. The largest absolute Gasteiger partial charge is 0.487 e. The highest BCUT2D eigenvalue weighted by molar-refractivity contribution is 14.1. The molecule has 0 unspecified atom stereocenters. The smallest absolute Gasteiger partial charge is 0.276 e. The zero-order chi connectivity index (χ0) is 17.2. The molecule has 7 heteroatoms. The Morgan fingerprint density at radius 1 is 1.12 bits per heavy atom. The number of halogens is 1. The minimum atomic E-state index is -0.0616. The van der Waals surface area contributed by atoms with E-state index >= 15 is 0 Å². The molecule has 0 bridgehead atoms. The fraction of sp³-hybridized carbons (Fsp3) is 0.167. The monoisotopic (exact) mass is 446 g/mol. The van der Waals surface area contributed by atoms with Crippen molar-refractivity contribution in [1.29, 1.82) is 0 Å². The predicted octanol–water partition coefficient (Wildman–Crippen LogP) is 3.12. The Labute approximate surface area is 158 Å². The zero-order valence-corrected chi connectivity index (χ0v) is 15.5. The van der Waals surface area contributed by atoms with Gasteiger partial charge in [-0.2, -0.15) is 5.10 Å². The first-order valence-corrected chi connectivity index (χ1v) is 8.95. The van der Waals surface area contributed by atoms with Gasteiger partial charge in [0.2, 0.25) is 0 Å². The lowest BCUT2D eigenvalue weighted by Gasteiger charge is -2.27. The Hall–Kier alpha value is -2.42. The van der Waals surface area contributed by atoms with Gasteiger partial charge in [0.05, 0.1) is 18.4 Å². The number of carbonyl (C=O) groups excluding carboxylic acids is 1. The molecule has 1 aliphatic rings. The molecule has 6 nitrogen and oxygen atoms in total. The SMILES string of the molecule is O=C1c2cc(COc3ccccc3)nn2CCN1c1cncc(I)c1. The standard InChI is InChI=1S/C18H15IN4O2/c19-13-8-15(11-20-10-13)22-6-7-23-17(18(22)24)9-14(21-23)12-25-16-4-2-1-3-5-16/h1-5,8-11H,6-7,12H2. The zero-order valence-electron chi connectivity index (χ0n) is 13.3. The van der Waals surface area contributed by atoms with Crippen LogP contribution in [-0.2, 0) is 13.2 Å². The van der Waals surface area contributed by atoms with E-state index in [9.17, 15) is 4.79 Å². The lowest BCUT2D eigenvalue weighted by Crippen LogP contribution is -2.40. The topological polar surface area (TPSA) is 60.2 Å². The Morgan fingerprint density at radius 3 is 2.76 bits per heavy atom. The molecule has 0 spiro atoms. The molecule has 0 saturated carbocycles. The molecule has 1 amide bonds. The highest BCUT2D eigenvalue weighted by Crippen LogP contribution is 2.22. The fourth-order valence-electron chi connectivity index (χ4n) is 2.79. The van der Waals surface area contributed by atoms with E-state index in [1.807, 2.05) is 36.4 Å². The number of anilines is 1. The minimum absolute atomic E-state index is 0.0616. The number of carbonyl (C=O) groups is 1. The molecule has 0 radical (unpaired) electrons. The van der Waals surface area contributed by atoms with Crippen LogP contribution in [0.25, 0.3) is 0 Å². The van der Waals surface area contributed by atoms with Crippen molar-refractivity contribution in [2.45, 2.75) is 13.2 Å². The van der Waals surface area contributed by atoms with Crippen LogP contribution in [0, 0.1) is 3.57 Å². The van der Waals surface area contributed by atoms with Gasteiger partial charge in [0, 0.05) is 16.3 Å². The summed E-state index contributed by atoms with van der Waals surface area (Å²) < 4.78 is 8.47. The van der Waals surface area contributed by atoms with Gasteiger partial charge in [-0.05, 0) is 46.9 Å². The normalized spacial score (nSPS) is 13.6. The average Bonchev–Trinajstić information content (AvgIpc) is 3.05. The van der Waals surface area contributed by atoms with E-state index in [-0.39, 0.29) is 5.91 Å². The molecule has 2 aromatic heterocycles. The van der Waals surface area contributed by atoms with E-state index in [0.717, 1.165) is 20.7 Å². The minimum Gasteiger partial charge on any atom is -0.487 e. The number of pyridine rings is 1. The highest BCUT2D eigenvalue weighted by Gasteiger charge is 2.27. The van der Waals surface area contributed by atoms with Crippen molar-refractivity contribution in [1.82, 2.24) is 14.8 Å². The summed E-state index contributed by atoms with van der Waals surface area (Å²) in [7, 11) is 0. The van der Waals surface area contributed by atoms with Crippen LogP contribution in [0.15, 0.2) is 54.9 Å². The van der Waals surface area contributed by atoms with E-state index in [1.54, 1.807) is 28.0 Å². The van der Waals surface area contributed by atoms with E-state index in [1.165, 1.54) is 0 Å². The van der Waals surface area contributed by atoms with Crippen LogP contribution in [0.3, 0.4) is 0 Å². The van der Waals surface area contributed by atoms with Gasteiger partial charge in [0.25, 0.3) is 5.91 Å². The number of rotatable bonds is 4. The summed E-state index contributed by atoms with van der Waals surface area (Å²) in [5.74, 6) is 0.722. The van der Waals surface area contributed by atoms with Crippen LogP contribution in [0.2, 0.25) is 0 Å². The molecule has 1 aliphatic heterocycles. The first kappa shape index (κ1) is 16.1. The summed E-state index contributed by atoms with van der Waals surface area (Å²) in [4.78, 5) is 18.7. The molecular formula is C18H15IN4O2. The summed E-state index contributed by atoms with van der Waals surface area (Å²) in [6.45, 7) is 1.56. The molecule has 0 saturated heterocycles. The van der Waals surface area contributed by atoms with Crippen molar-refractivity contribution < 1.29 is 9.53 Å². The Morgan fingerprint density at radius 2 is 1.96 bits per heavy atom. The first-order valence-electron chi connectivity index (χ1n) is 7.88. The predicted molar refractivity (Wildman–Crippen MR) is 102 cm³/mol. The molecule has 0 fully saturated rings. The lowest BCUT2D eigenvalue weighted by molar-refractivity contribution is 0.0962. The molecule has 3 aromatic rings. The highest BCUT2D eigenvalue weighted by atomic mass is 127. The van der Waals surface area contributed by atoms with E-state index in [0.29, 0.717) is 25.4 Å². The fourth-order valence-corrected chi connectivity index (χ4v) is 3.27. The number of para-hydroxylation sites is 1. The van der Waals surface area contributed by atoms with Gasteiger partial charge in [0.1, 0.15) is 23.7 Å². The second-order valence-corrected chi connectivity index (χ2v) is 6.91. The molecule has 0 N–H and O–H groups in total. The van der Waals surface area contributed by atoms with Gasteiger partial charge in [-0.1, -0.05) is 18.2 Å². The number of benzene rings is 1. The molecule has 4 rings (SSSR count). The van der Waals surface area contributed by atoms with Crippen molar-refractivity contribution in [2.24, 2.45) is 0 Å². The summed E-state index contributed by atoms with van der Waals surface area (Å²) in [6.07, 6.45) is 3.48. The van der Waals surface area contributed by atoms with Crippen molar-refractivity contribution in [2.75, 3.05) is 11.4 Å².